The molecule has 112 valence electrons. The van der Waals surface area contributed by atoms with Crippen LogP contribution in [0.4, 0.5) is 4.79 Å². The maximum absolute atomic E-state index is 12.0. The molecule has 1 aromatic carbocycles. The molecule has 0 aliphatic carbocycles. The standard InChI is InChI=1S/C15H17NO5/c17-13-11(8-4-7-10-5-2-1-3-6-10)9-12(14(18)19)16(13)15(20)21/h1-3,5-6,11-12H,4,7-9H2,(H,18,19)(H,20,21)/t11-,12+/m1/s1. The smallest absolute Gasteiger partial charge is 0.414 e. The summed E-state index contributed by atoms with van der Waals surface area (Å²) in [5.41, 5.74) is 1.15. The molecule has 2 atom stereocenters. The van der Waals surface area contributed by atoms with Crippen LogP contribution in [0.2, 0.25) is 0 Å². The van der Waals surface area contributed by atoms with Crippen LogP contribution in [0.5, 0.6) is 0 Å². The van der Waals surface area contributed by atoms with Gasteiger partial charge in [0, 0.05) is 5.92 Å². The van der Waals surface area contributed by atoms with E-state index >= 15 is 0 Å². The monoisotopic (exact) mass is 291 g/mol. The van der Waals surface area contributed by atoms with Crippen LogP contribution in [0, 0.1) is 5.92 Å². The fourth-order valence-corrected chi connectivity index (χ4v) is 2.70. The highest BCUT2D eigenvalue weighted by atomic mass is 16.4. The summed E-state index contributed by atoms with van der Waals surface area (Å²) in [6.07, 6.45) is 0.588. The minimum atomic E-state index is -1.49. The SMILES string of the molecule is O=C(O)[C@@H]1C[C@@H](CCCc2ccccc2)C(=O)N1C(=O)O. The van der Waals surface area contributed by atoms with Gasteiger partial charge in [-0.2, -0.15) is 0 Å². The molecule has 6 nitrogen and oxygen atoms in total. The van der Waals surface area contributed by atoms with Gasteiger partial charge in [-0.1, -0.05) is 30.3 Å². The minimum absolute atomic E-state index is 0.0647. The fourth-order valence-electron chi connectivity index (χ4n) is 2.70. The molecule has 0 bridgehead atoms. The third kappa shape index (κ3) is 3.39. The number of carboxylic acid groups (broad SMARTS) is 2. The van der Waals surface area contributed by atoms with Gasteiger partial charge in [0.2, 0.25) is 5.91 Å². The second-order valence-electron chi connectivity index (χ2n) is 5.16. The minimum Gasteiger partial charge on any atom is -0.480 e. The zero-order valence-electron chi connectivity index (χ0n) is 11.4. The Bertz CT molecular complexity index is 542. The van der Waals surface area contributed by atoms with Gasteiger partial charge in [-0.15, -0.1) is 0 Å². The Morgan fingerprint density at radius 2 is 1.86 bits per heavy atom. The van der Waals surface area contributed by atoms with E-state index < -0.39 is 29.9 Å². The highest BCUT2D eigenvalue weighted by Crippen LogP contribution is 2.29. The average molecular weight is 291 g/mol. The first kappa shape index (κ1) is 15.0. The molecule has 1 aliphatic rings. The predicted octanol–water partition coefficient (Wildman–Crippen LogP) is 1.99. The van der Waals surface area contributed by atoms with Crippen molar-refractivity contribution in [1.82, 2.24) is 4.90 Å². The van der Waals surface area contributed by atoms with Gasteiger partial charge in [-0.05, 0) is 31.2 Å². The molecule has 0 spiro atoms. The lowest BCUT2D eigenvalue weighted by atomic mass is 9.96. The van der Waals surface area contributed by atoms with Crippen molar-refractivity contribution >= 4 is 18.0 Å². The highest BCUT2D eigenvalue weighted by Gasteiger charge is 2.46. The molecule has 1 heterocycles. The largest absolute Gasteiger partial charge is 0.480 e. The lowest BCUT2D eigenvalue weighted by molar-refractivity contribution is -0.145. The molecule has 0 unspecified atom stereocenters. The first-order valence-electron chi connectivity index (χ1n) is 6.83. The van der Waals surface area contributed by atoms with Crippen LogP contribution in [-0.2, 0) is 16.0 Å². The average Bonchev–Trinajstić information content (AvgIpc) is 2.78. The van der Waals surface area contributed by atoms with Crippen LogP contribution in [0.3, 0.4) is 0 Å². The summed E-state index contributed by atoms with van der Waals surface area (Å²) in [5.74, 6) is -2.38. The van der Waals surface area contributed by atoms with Crippen molar-refractivity contribution in [3.05, 3.63) is 35.9 Å². The van der Waals surface area contributed by atoms with Gasteiger partial charge in [0.15, 0.2) is 0 Å². The van der Waals surface area contributed by atoms with Crippen molar-refractivity contribution in [3.8, 4) is 0 Å². The van der Waals surface area contributed by atoms with Crippen LogP contribution in [-0.4, -0.2) is 39.1 Å². The molecule has 2 N–H and O–H groups in total. The third-order valence-electron chi connectivity index (χ3n) is 3.76. The molecular weight excluding hydrogens is 274 g/mol. The number of aliphatic carboxylic acids is 1. The molecule has 0 radical (unpaired) electrons. The fraction of sp³-hybridized carbons (Fsp3) is 0.400. The maximum Gasteiger partial charge on any atom is 0.414 e. The molecule has 1 saturated heterocycles. The second-order valence-corrected chi connectivity index (χ2v) is 5.16. The molecular formula is C15H17NO5. The van der Waals surface area contributed by atoms with E-state index in [9.17, 15) is 14.4 Å². The summed E-state index contributed by atoms with van der Waals surface area (Å²) < 4.78 is 0. The molecule has 0 saturated carbocycles. The number of rotatable bonds is 5. The lowest BCUT2D eigenvalue weighted by Gasteiger charge is -2.15. The Morgan fingerprint density at radius 1 is 1.19 bits per heavy atom. The number of nitrogens with zero attached hydrogens (tertiary/aromatic N) is 1. The molecule has 21 heavy (non-hydrogen) atoms. The second kappa shape index (κ2) is 6.39. The van der Waals surface area contributed by atoms with Gasteiger partial charge in [0.05, 0.1) is 0 Å². The number of hydrogen-bond donors (Lipinski definition) is 2. The first-order valence-corrected chi connectivity index (χ1v) is 6.83. The normalized spacial score (nSPS) is 21.5. The number of imide groups is 1. The van der Waals surface area contributed by atoms with Crippen molar-refractivity contribution < 1.29 is 24.6 Å². The zero-order valence-corrected chi connectivity index (χ0v) is 11.4. The first-order chi connectivity index (χ1) is 10.0. The van der Waals surface area contributed by atoms with Crippen molar-refractivity contribution in [2.45, 2.75) is 31.7 Å². The lowest BCUT2D eigenvalue weighted by Crippen LogP contribution is -2.42. The quantitative estimate of drug-likeness (QED) is 0.865. The topological polar surface area (TPSA) is 94.9 Å². The van der Waals surface area contributed by atoms with Gasteiger partial charge >= 0.3 is 12.1 Å². The summed E-state index contributed by atoms with van der Waals surface area (Å²) in [4.78, 5) is 34.5. The van der Waals surface area contributed by atoms with Gasteiger partial charge in [-0.3, -0.25) is 4.79 Å². The summed E-state index contributed by atoms with van der Waals surface area (Å²) in [6, 6.07) is 8.51. The molecule has 2 rings (SSSR count). The van der Waals surface area contributed by atoms with Crippen LogP contribution < -0.4 is 0 Å². The molecule has 1 fully saturated rings. The van der Waals surface area contributed by atoms with Gasteiger partial charge in [0.25, 0.3) is 0 Å². The van der Waals surface area contributed by atoms with Crippen molar-refractivity contribution in [2.24, 2.45) is 5.92 Å². The van der Waals surface area contributed by atoms with E-state index in [4.69, 9.17) is 10.2 Å². The Hall–Kier alpha value is -2.37. The summed E-state index contributed by atoms with van der Waals surface area (Å²) >= 11 is 0. The number of aryl methyl sites for hydroxylation is 1. The van der Waals surface area contributed by atoms with Gasteiger partial charge < -0.3 is 10.2 Å². The Kier molecular flexibility index (Phi) is 4.57. The van der Waals surface area contributed by atoms with Crippen LogP contribution >= 0.6 is 0 Å². The number of carbonyl (C=O) groups is 3. The van der Waals surface area contributed by atoms with Gasteiger partial charge in [0.1, 0.15) is 6.04 Å². The number of carbonyl (C=O) groups excluding carboxylic acids is 1. The van der Waals surface area contributed by atoms with E-state index in [0.717, 1.165) is 18.4 Å². The summed E-state index contributed by atoms with van der Waals surface area (Å²) in [6.45, 7) is 0. The van der Waals surface area contributed by atoms with E-state index in [1.165, 1.54) is 0 Å². The molecule has 1 aromatic rings. The maximum atomic E-state index is 12.0. The zero-order chi connectivity index (χ0) is 15.4. The van der Waals surface area contributed by atoms with Crippen molar-refractivity contribution in [2.75, 3.05) is 0 Å². The molecule has 1 aliphatic heterocycles. The van der Waals surface area contributed by atoms with Crippen molar-refractivity contribution in [1.29, 1.82) is 0 Å². The third-order valence-corrected chi connectivity index (χ3v) is 3.76. The molecule has 6 heteroatoms. The van der Waals surface area contributed by atoms with Crippen LogP contribution in [0.1, 0.15) is 24.8 Å². The van der Waals surface area contributed by atoms with E-state index in [2.05, 4.69) is 0 Å². The highest BCUT2D eigenvalue weighted by molar-refractivity contribution is 5.99. The number of carboxylic acids is 1. The summed E-state index contributed by atoms with van der Waals surface area (Å²) in [7, 11) is 0. The Morgan fingerprint density at radius 3 is 2.38 bits per heavy atom. The van der Waals surface area contributed by atoms with E-state index in [0.29, 0.717) is 11.3 Å². The Balaban J connectivity index is 1.93. The van der Waals surface area contributed by atoms with Crippen LogP contribution in [0.25, 0.3) is 0 Å². The van der Waals surface area contributed by atoms with E-state index in [1.807, 2.05) is 30.3 Å². The summed E-state index contributed by atoms with van der Waals surface area (Å²) in [5, 5.41) is 18.0. The number of likely N-dealkylation sites (tertiary alicyclic amines) is 1. The van der Waals surface area contributed by atoms with Gasteiger partial charge in [-0.25, -0.2) is 14.5 Å². The van der Waals surface area contributed by atoms with E-state index in [-0.39, 0.29) is 6.42 Å². The Labute approximate surface area is 122 Å². The van der Waals surface area contributed by atoms with Crippen molar-refractivity contribution in [3.63, 3.8) is 0 Å². The predicted molar refractivity (Wildman–Crippen MR) is 73.8 cm³/mol. The number of benzene rings is 1. The number of hydrogen-bond acceptors (Lipinski definition) is 3. The van der Waals surface area contributed by atoms with Crippen LogP contribution in [0.15, 0.2) is 30.3 Å². The van der Waals surface area contributed by atoms with E-state index in [1.54, 1.807) is 0 Å². The molecule has 0 aromatic heterocycles. The number of amides is 2. The molecule has 2 amide bonds.